The smallest absolute Gasteiger partial charge is 0.223 e. The molecule has 0 unspecified atom stereocenters. The number of carbonyl (C=O) groups excluding carboxylic acids is 1. The lowest BCUT2D eigenvalue weighted by molar-refractivity contribution is -0.127. The third-order valence-electron chi connectivity index (χ3n) is 4.86. The summed E-state index contributed by atoms with van der Waals surface area (Å²) in [7, 11) is 0. The molecule has 1 amide bonds. The lowest BCUT2D eigenvalue weighted by atomic mass is 9.94. The lowest BCUT2D eigenvalue weighted by Crippen LogP contribution is -2.44. The summed E-state index contributed by atoms with van der Waals surface area (Å²) in [5.41, 5.74) is 2.67. The van der Waals surface area contributed by atoms with Crippen LogP contribution in [0.25, 0.3) is 0 Å². The minimum Gasteiger partial charge on any atom is -0.353 e. The largest absolute Gasteiger partial charge is 0.353 e. The van der Waals surface area contributed by atoms with Crippen LogP contribution in [0.4, 0.5) is 0 Å². The second kappa shape index (κ2) is 7.77. The number of hydrogen-bond acceptors (Lipinski definition) is 2. The number of carbonyl (C=O) groups is 1. The van der Waals surface area contributed by atoms with Crippen LogP contribution >= 0.6 is 0 Å². The highest BCUT2D eigenvalue weighted by atomic mass is 16.1. The van der Waals surface area contributed by atoms with Crippen molar-refractivity contribution in [1.82, 2.24) is 10.2 Å². The molecule has 0 aromatic heterocycles. The number of aryl methyl sites for hydroxylation is 1. The van der Waals surface area contributed by atoms with E-state index in [1.165, 1.54) is 11.1 Å². The van der Waals surface area contributed by atoms with Gasteiger partial charge in [0.2, 0.25) is 5.91 Å². The summed E-state index contributed by atoms with van der Waals surface area (Å²) in [6.07, 6.45) is 1.95. The van der Waals surface area contributed by atoms with Gasteiger partial charge < -0.3 is 5.32 Å². The van der Waals surface area contributed by atoms with Gasteiger partial charge in [-0.1, -0.05) is 43.7 Å². The molecule has 1 aromatic carbocycles. The van der Waals surface area contributed by atoms with E-state index in [4.69, 9.17) is 0 Å². The standard InChI is InChI=1S/C19H30N2O/c1-14(2)16(4)20-19(22)18-9-11-21(12-10-18)13-17-7-5-15(3)6-8-17/h5-8,14,16,18H,9-13H2,1-4H3,(H,20,22)/t16-/m1/s1. The molecule has 1 atom stereocenters. The SMILES string of the molecule is Cc1ccc(CN2CCC(C(=O)N[C@H](C)C(C)C)CC2)cc1. The van der Waals surface area contributed by atoms with Crippen LogP contribution < -0.4 is 5.32 Å². The molecule has 1 N–H and O–H groups in total. The molecule has 122 valence electrons. The molecule has 22 heavy (non-hydrogen) atoms. The van der Waals surface area contributed by atoms with Gasteiger partial charge in [0, 0.05) is 18.5 Å². The summed E-state index contributed by atoms with van der Waals surface area (Å²) in [6, 6.07) is 9.01. The van der Waals surface area contributed by atoms with Gasteiger partial charge in [-0.3, -0.25) is 9.69 Å². The third kappa shape index (κ3) is 4.84. The highest BCUT2D eigenvalue weighted by Gasteiger charge is 2.26. The molecule has 0 saturated carbocycles. The van der Waals surface area contributed by atoms with Gasteiger partial charge >= 0.3 is 0 Å². The lowest BCUT2D eigenvalue weighted by Gasteiger charge is -2.32. The minimum absolute atomic E-state index is 0.190. The molecule has 0 aliphatic carbocycles. The van der Waals surface area contributed by atoms with E-state index in [0.717, 1.165) is 32.5 Å². The zero-order valence-electron chi connectivity index (χ0n) is 14.4. The van der Waals surface area contributed by atoms with Crippen molar-refractivity contribution in [1.29, 1.82) is 0 Å². The summed E-state index contributed by atoms with van der Waals surface area (Å²) >= 11 is 0. The summed E-state index contributed by atoms with van der Waals surface area (Å²) in [6.45, 7) is 11.5. The Morgan fingerprint density at radius 1 is 1.18 bits per heavy atom. The van der Waals surface area contributed by atoms with Gasteiger partial charge in [0.25, 0.3) is 0 Å². The van der Waals surface area contributed by atoms with Crippen molar-refractivity contribution in [2.45, 2.75) is 53.1 Å². The number of benzene rings is 1. The normalized spacial score (nSPS) is 18.4. The van der Waals surface area contributed by atoms with Gasteiger partial charge in [0.05, 0.1) is 0 Å². The van der Waals surface area contributed by atoms with Crippen molar-refractivity contribution in [2.75, 3.05) is 13.1 Å². The predicted octanol–water partition coefficient (Wildman–Crippen LogP) is 3.37. The van der Waals surface area contributed by atoms with Gasteiger partial charge in [-0.15, -0.1) is 0 Å². The molecule has 1 aromatic rings. The Morgan fingerprint density at radius 3 is 2.32 bits per heavy atom. The van der Waals surface area contributed by atoms with Gasteiger partial charge in [0.15, 0.2) is 0 Å². The average molecular weight is 302 g/mol. The second-order valence-electron chi connectivity index (χ2n) is 7.08. The van der Waals surface area contributed by atoms with Crippen LogP contribution in [0.5, 0.6) is 0 Å². The van der Waals surface area contributed by atoms with Gasteiger partial charge in [-0.25, -0.2) is 0 Å². The number of likely N-dealkylation sites (tertiary alicyclic amines) is 1. The monoisotopic (exact) mass is 302 g/mol. The van der Waals surface area contributed by atoms with Crippen LogP contribution in [0, 0.1) is 18.8 Å². The fraction of sp³-hybridized carbons (Fsp3) is 0.632. The Bertz CT molecular complexity index is 473. The zero-order valence-corrected chi connectivity index (χ0v) is 14.4. The van der Waals surface area contributed by atoms with Crippen molar-refractivity contribution in [2.24, 2.45) is 11.8 Å². The van der Waals surface area contributed by atoms with E-state index in [1.807, 2.05) is 0 Å². The maximum Gasteiger partial charge on any atom is 0.223 e. The fourth-order valence-corrected chi connectivity index (χ4v) is 2.81. The van der Waals surface area contributed by atoms with E-state index in [2.05, 4.69) is 62.2 Å². The first-order chi connectivity index (χ1) is 10.5. The number of amides is 1. The van der Waals surface area contributed by atoms with E-state index < -0.39 is 0 Å². The van der Waals surface area contributed by atoms with E-state index in [9.17, 15) is 4.79 Å². The summed E-state index contributed by atoms with van der Waals surface area (Å²) in [5.74, 6) is 0.928. The van der Waals surface area contributed by atoms with Crippen molar-refractivity contribution in [3.05, 3.63) is 35.4 Å². The van der Waals surface area contributed by atoms with Crippen LogP contribution in [-0.4, -0.2) is 29.9 Å². The Balaban J connectivity index is 1.77. The van der Waals surface area contributed by atoms with Gasteiger partial charge in [0.1, 0.15) is 0 Å². The Hall–Kier alpha value is -1.35. The quantitative estimate of drug-likeness (QED) is 0.904. The number of hydrogen-bond donors (Lipinski definition) is 1. The van der Waals surface area contributed by atoms with Gasteiger partial charge in [-0.2, -0.15) is 0 Å². The van der Waals surface area contributed by atoms with Crippen molar-refractivity contribution < 1.29 is 4.79 Å². The third-order valence-corrected chi connectivity index (χ3v) is 4.86. The second-order valence-corrected chi connectivity index (χ2v) is 7.08. The van der Waals surface area contributed by atoms with Crippen molar-refractivity contribution in [3.63, 3.8) is 0 Å². The van der Waals surface area contributed by atoms with Crippen LogP contribution in [0.1, 0.15) is 44.7 Å². The molecule has 1 aliphatic rings. The van der Waals surface area contributed by atoms with Crippen molar-refractivity contribution in [3.8, 4) is 0 Å². The van der Waals surface area contributed by atoms with E-state index in [-0.39, 0.29) is 17.9 Å². The van der Waals surface area contributed by atoms with E-state index in [1.54, 1.807) is 0 Å². The minimum atomic E-state index is 0.190. The maximum absolute atomic E-state index is 12.3. The molecule has 0 radical (unpaired) electrons. The van der Waals surface area contributed by atoms with Crippen LogP contribution in [0.3, 0.4) is 0 Å². The number of nitrogens with one attached hydrogen (secondary N) is 1. The number of nitrogens with zero attached hydrogens (tertiary/aromatic N) is 1. The first-order valence-corrected chi connectivity index (χ1v) is 8.54. The van der Waals surface area contributed by atoms with Gasteiger partial charge in [-0.05, 0) is 51.3 Å². The van der Waals surface area contributed by atoms with Crippen LogP contribution in [0.2, 0.25) is 0 Å². The highest BCUT2D eigenvalue weighted by Crippen LogP contribution is 2.20. The van der Waals surface area contributed by atoms with Crippen LogP contribution in [-0.2, 0) is 11.3 Å². The summed E-state index contributed by atoms with van der Waals surface area (Å²) in [5, 5.41) is 3.16. The molecule has 3 nitrogen and oxygen atoms in total. The van der Waals surface area contributed by atoms with Crippen LogP contribution in [0.15, 0.2) is 24.3 Å². The molecule has 2 rings (SSSR count). The van der Waals surface area contributed by atoms with E-state index in [0.29, 0.717) is 5.92 Å². The Kier molecular flexibility index (Phi) is 6.01. The molecular weight excluding hydrogens is 272 g/mol. The summed E-state index contributed by atoms with van der Waals surface area (Å²) in [4.78, 5) is 14.7. The number of piperidine rings is 1. The Morgan fingerprint density at radius 2 is 1.77 bits per heavy atom. The van der Waals surface area contributed by atoms with E-state index >= 15 is 0 Å². The molecule has 3 heteroatoms. The molecule has 1 fully saturated rings. The van der Waals surface area contributed by atoms with Crippen molar-refractivity contribution >= 4 is 5.91 Å². The Labute approximate surface area is 135 Å². The summed E-state index contributed by atoms with van der Waals surface area (Å²) < 4.78 is 0. The molecule has 0 bridgehead atoms. The number of rotatable bonds is 5. The topological polar surface area (TPSA) is 32.3 Å². The highest BCUT2D eigenvalue weighted by molar-refractivity contribution is 5.79. The first kappa shape index (κ1) is 17.0. The molecule has 1 aliphatic heterocycles. The molecule has 1 saturated heterocycles. The maximum atomic E-state index is 12.3. The predicted molar refractivity (Wildman–Crippen MR) is 91.6 cm³/mol. The molecule has 0 spiro atoms. The first-order valence-electron chi connectivity index (χ1n) is 8.54. The fourth-order valence-electron chi connectivity index (χ4n) is 2.81. The zero-order chi connectivity index (χ0) is 16.1. The molecule has 1 heterocycles. The molecular formula is C19H30N2O. The average Bonchev–Trinajstić information content (AvgIpc) is 2.50.